The molecule has 10 heteroatoms. The monoisotopic (exact) mass is 488 g/mol. The number of aromatic nitrogens is 2. The molecule has 1 aliphatic rings. The van der Waals surface area contributed by atoms with Gasteiger partial charge >= 0.3 is 5.97 Å². The van der Waals surface area contributed by atoms with Crippen LogP contribution in [-0.2, 0) is 11.3 Å². The molecule has 35 heavy (non-hydrogen) atoms. The van der Waals surface area contributed by atoms with Crippen LogP contribution in [0.1, 0.15) is 20.1 Å². The van der Waals surface area contributed by atoms with Crippen LogP contribution in [0, 0.1) is 11.3 Å². The Morgan fingerprint density at radius 2 is 1.97 bits per heavy atom. The zero-order chi connectivity index (χ0) is 24.2. The Kier molecular flexibility index (Phi) is 6.43. The maximum Gasteiger partial charge on any atom is 0.345 e. The SMILES string of the molecule is N#Cc1c(-c2ccno2)cc(-c2ccc(N3CCOCC3)cc2)nc1OCc1ccc(C(=O)O)s1. The fourth-order valence-corrected chi connectivity index (χ4v) is 4.57. The molecular weight excluding hydrogens is 468 g/mol. The minimum absolute atomic E-state index is 0.0783. The molecule has 0 atom stereocenters. The van der Waals surface area contributed by atoms with Crippen molar-refractivity contribution in [1.29, 1.82) is 5.26 Å². The standard InChI is InChI=1S/C25H20N4O5S/c26-14-20-19(22-7-8-27-34-22)13-21(16-1-3-17(4-2-16)29-9-11-32-12-10-29)28-24(20)33-15-18-5-6-23(35-18)25(30)31/h1-8,13H,9-12,15H2,(H,30,31). The van der Waals surface area contributed by atoms with Crippen LogP contribution in [0.2, 0.25) is 0 Å². The molecule has 176 valence electrons. The Balaban J connectivity index is 1.49. The molecule has 0 unspecified atom stereocenters. The number of ether oxygens (including phenoxy) is 2. The molecule has 4 aromatic rings. The molecule has 1 fully saturated rings. The first-order chi connectivity index (χ1) is 17.1. The van der Waals surface area contributed by atoms with Gasteiger partial charge < -0.3 is 24.0 Å². The minimum Gasteiger partial charge on any atom is -0.477 e. The average molecular weight is 489 g/mol. The van der Waals surface area contributed by atoms with Gasteiger partial charge in [-0.2, -0.15) is 5.26 Å². The second kappa shape index (κ2) is 9.97. The first-order valence-corrected chi connectivity index (χ1v) is 11.7. The molecule has 0 amide bonds. The van der Waals surface area contributed by atoms with E-state index in [2.05, 4.69) is 21.1 Å². The van der Waals surface area contributed by atoms with E-state index >= 15 is 0 Å². The van der Waals surface area contributed by atoms with E-state index in [0.717, 1.165) is 35.7 Å². The summed E-state index contributed by atoms with van der Waals surface area (Å²) < 4.78 is 16.7. The highest BCUT2D eigenvalue weighted by Crippen LogP contribution is 2.34. The quantitative estimate of drug-likeness (QED) is 0.402. The van der Waals surface area contributed by atoms with Crippen molar-refractivity contribution in [2.24, 2.45) is 0 Å². The van der Waals surface area contributed by atoms with Crippen molar-refractivity contribution in [3.63, 3.8) is 0 Å². The fraction of sp³-hybridized carbons (Fsp3) is 0.200. The zero-order valence-corrected chi connectivity index (χ0v) is 19.3. The van der Waals surface area contributed by atoms with Gasteiger partial charge in [0, 0.05) is 40.8 Å². The molecule has 0 aliphatic carbocycles. The van der Waals surface area contributed by atoms with E-state index in [-0.39, 0.29) is 22.9 Å². The summed E-state index contributed by atoms with van der Waals surface area (Å²) in [5.74, 6) is -0.435. The second-order valence-electron chi connectivity index (χ2n) is 7.73. The van der Waals surface area contributed by atoms with Gasteiger partial charge in [0.25, 0.3) is 0 Å². The highest BCUT2D eigenvalue weighted by atomic mass is 32.1. The number of pyridine rings is 1. The number of nitriles is 1. The first-order valence-electron chi connectivity index (χ1n) is 10.9. The largest absolute Gasteiger partial charge is 0.477 e. The fourth-order valence-electron chi connectivity index (χ4n) is 3.81. The third kappa shape index (κ3) is 4.87. The smallest absolute Gasteiger partial charge is 0.345 e. The van der Waals surface area contributed by atoms with Crippen molar-refractivity contribution < 1.29 is 23.9 Å². The minimum atomic E-state index is -0.993. The van der Waals surface area contributed by atoms with Crippen LogP contribution in [0.3, 0.4) is 0 Å². The highest BCUT2D eigenvalue weighted by molar-refractivity contribution is 7.13. The van der Waals surface area contributed by atoms with Crippen molar-refractivity contribution in [3.8, 4) is 34.5 Å². The number of morpholine rings is 1. The first kappa shape index (κ1) is 22.6. The molecule has 0 bridgehead atoms. The summed E-state index contributed by atoms with van der Waals surface area (Å²) in [5.41, 5.74) is 3.28. The van der Waals surface area contributed by atoms with E-state index in [9.17, 15) is 10.1 Å². The molecule has 0 radical (unpaired) electrons. The maximum atomic E-state index is 11.2. The number of nitrogens with zero attached hydrogens (tertiary/aromatic N) is 4. The molecule has 5 rings (SSSR count). The van der Waals surface area contributed by atoms with Crippen LogP contribution in [0.4, 0.5) is 5.69 Å². The summed E-state index contributed by atoms with van der Waals surface area (Å²) in [5, 5.41) is 22.8. The van der Waals surface area contributed by atoms with Crippen LogP contribution >= 0.6 is 11.3 Å². The van der Waals surface area contributed by atoms with E-state index in [4.69, 9.17) is 19.1 Å². The predicted molar refractivity (Wildman–Crippen MR) is 129 cm³/mol. The summed E-state index contributed by atoms with van der Waals surface area (Å²) in [7, 11) is 0. The number of anilines is 1. The molecule has 1 aromatic carbocycles. The number of carboxylic acid groups (broad SMARTS) is 1. The second-order valence-corrected chi connectivity index (χ2v) is 8.90. The van der Waals surface area contributed by atoms with E-state index in [1.54, 1.807) is 18.2 Å². The van der Waals surface area contributed by atoms with Gasteiger partial charge in [-0.15, -0.1) is 11.3 Å². The van der Waals surface area contributed by atoms with Crippen molar-refractivity contribution in [2.45, 2.75) is 6.61 Å². The average Bonchev–Trinajstić information content (AvgIpc) is 3.60. The van der Waals surface area contributed by atoms with Crippen LogP contribution in [0.15, 0.2) is 59.3 Å². The topological polar surface area (TPSA) is 122 Å². The molecule has 1 N–H and O–H groups in total. The van der Waals surface area contributed by atoms with Crippen molar-refractivity contribution in [1.82, 2.24) is 10.1 Å². The molecule has 3 aromatic heterocycles. The Bertz CT molecular complexity index is 1370. The zero-order valence-electron chi connectivity index (χ0n) is 18.5. The van der Waals surface area contributed by atoms with Crippen molar-refractivity contribution in [3.05, 3.63) is 70.0 Å². The Labute approximate surface area is 204 Å². The summed E-state index contributed by atoms with van der Waals surface area (Å²) in [6, 6.07) is 16.8. The van der Waals surface area contributed by atoms with Gasteiger partial charge in [0.1, 0.15) is 23.1 Å². The summed E-state index contributed by atoms with van der Waals surface area (Å²) in [6.07, 6.45) is 1.51. The molecule has 9 nitrogen and oxygen atoms in total. The van der Waals surface area contributed by atoms with Crippen LogP contribution < -0.4 is 9.64 Å². The highest BCUT2D eigenvalue weighted by Gasteiger charge is 2.20. The number of carboxylic acids is 1. The molecule has 1 aliphatic heterocycles. The Hall–Kier alpha value is -4.20. The third-order valence-corrected chi connectivity index (χ3v) is 6.61. The van der Waals surface area contributed by atoms with Gasteiger partial charge in [-0.3, -0.25) is 0 Å². The van der Waals surface area contributed by atoms with E-state index in [0.29, 0.717) is 35.1 Å². The van der Waals surface area contributed by atoms with E-state index in [1.807, 2.05) is 24.3 Å². The predicted octanol–water partition coefficient (Wildman–Crippen LogP) is 4.45. The number of hydrogen-bond donors (Lipinski definition) is 1. The third-order valence-electron chi connectivity index (χ3n) is 5.56. The molecule has 0 saturated carbocycles. The van der Waals surface area contributed by atoms with Gasteiger partial charge in [0.2, 0.25) is 5.88 Å². The number of thiophene rings is 1. The Morgan fingerprint density at radius 1 is 1.17 bits per heavy atom. The lowest BCUT2D eigenvalue weighted by Gasteiger charge is -2.28. The number of rotatable bonds is 7. The number of aromatic carboxylic acids is 1. The molecule has 1 saturated heterocycles. The van der Waals surface area contributed by atoms with Crippen molar-refractivity contribution >= 4 is 23.0 Å². The lowest BCUT2D eigenvalue weighted by Crippen LogP contribution is -2.36. The van der Waals surface area contributed by atoms with Crippen LogP contribution in [0.5, 0.6) is 5.88 Å². The van der Waals surface area contributed by atoms with Gasteiger partial charge in [-0.05, 0) is 30.3 Å². The van der Waals surface area contributed by atoms with Gasteiger partial charge in [0.05, 0.1) is 25.1 Å². The van der Waals surface area contributed by atoms with Gasteiger partial charge in [-0.25, -0.2) is 9.78 Å². The normalized spacial score (nSPS) is 13.4. The lowest BCUT2D eigenvalue weighted by molar-refractivity contribution is 0.0702. The van der Waals surface area contributed by atoms with Gasteiger partial charge in [0.15, 0.2) is 5.76 Å². The summed E-state index contributed by atoms with van der Waals surface area (Å²) in [4.78, 5) is 19.0. The summed E-state index contributed by atoms with van der Waals surface area (Å²) >= 11 is 1.11. The number of carbonyl (C=O) groups is 1. The van der Waals surface area contributed by atoms with Crippen molar-refractivity contribution in [2.75, 3.05) is 31.2 Å². The van der Waals surface area contributed by atoms with Crippen LogP contribution in [-0.4, -0.2) is 47.5 Å². The molecule has 4 heterocycles. The number of benzene rings is 1. The van der Waals surface area contributed by atoms with E-state index in [1.165, 1.54) is 12.3 Å². The van der Waals surface area contributed by atoms with E-state index < -0.39 is 5.97 Å². The summed E-state index contributed by atoms with van der Waals surface area (Å²) in [6.45, 7) is 3.18. The molecular formula is C25H20N4O5S. The maximum absolute atomic E-state index is 11.2. The Morgan fingerprint density at radius 3 is 2.63 bits per heavy atom. The van der Waals surface area contributed by atoms with Crippen LogP contribution in [0.25, 0.3) is 22.6 Å². The van der Waals surface area contributed by atoms with Gasteiger partial charge in [-0.1, -0.05) is 17.3 Å². The lowest BCUT2D eigenvalue weighted by atomic mass is 10.0. The number of hydrogen-bond acceptors (Lipinski definition) is 9. The molecule has 0 spiro atoms.